The minimum Gasteiger partial charge on any atom is -0.494 e. The molecule has 5 heteroatoms. The molecule has 0 saturated carbocycles. The van der Waals surface area contributed by atoms with Crippen LogP contribution in [0.1, 0.15) is 29.7 Å². The van der Waals surface area contributed by atoms with Crippen molar-refractivity contribution in [2.45, 2.75) is 26.4 Å². The molecule has 0 radical (unpaired) electrons. The van der Waals surface area contributed by atoms with E-state index in [1.165, 1.54) is 0 Å². The Morgan fingerprint density at radius 3 is 2.42 bits per heavy atom. The van der Waals surface area contributed by atoms with Gasteiger partial charge in [-0.2, -0.15) is 0 Å². The molecule has 130 valence electrons. The monoisotopic (exact) mass is 348 g/mol. The Morgan fingerprint density at radius 1 is 1.17 bits per heavy atom. The molecule has 1 atom stereocenters. The molecule has 0 saturated heterocycles. The first kappa shape index (κ1) is 20.0. The number of nitrogens with zero attached hydrogens (tertiary/aromatic N) is 1. The van der Waals surface area contributed by atoms with Crippen molar-refractivity contribution in [3.05, 3.63) is 65.2 Å². The summed E-state index contributed by atoms with van der Waals surface area (Å²) in [4.78, 5) is 14.2. The molecule has 2 N–H and O–H groups in total. The van der Waals surface area contributed by atoms with Crippen LogP contribution >= 0.6 is 12.4 Å². The molecule has 2 aromatic rings. The van der Waals surface area contributed by atoms with Crippen molar-refractivity contribution < 1.29 is 9.53 Å². The van der Waals surface area contributed by atoms with Gasteiger partial charge in [0.2, 0.25) is 5.91 Å². The molecule has 0 aliphatic rings. The third-order valence-corrected chi connectivity index (χ3v) is 3.76. The van der Waals surface area contributed by atoms with Crippen molar-refractivity contribution in [1.29, 1.82) is 0 Å². The number of ether oxygens (including phenoxy) is 1. The predicted molar refractivity (Wildman–Crippen MR) is 99.4 cm³/mol. The van der Waals surface area contributed by atoms with Gasteiger partial charge in [-0.1, -0.05) is 48.0 Å². The van der Waals surface area contributed by atoms with Crippen LogP contribution in [0.2, 0.25) is 0 Å². The van der Waals surface area contributed by atoms with Crippen molar-refractivity contribution >= 4 is 18.3 Å². The second kappa shape index (κ2) is 9.30. The lowest BCUT2D eigenvalue weighted by molar-refractivity contribution is -0.132. The van der Waals surface area contributed by atoms with E-state index >= 15 is 0 Å². The number of halogens is 1. The number of hydrogen-bond acceptors (Lipinski definition) is 3. The Labute approximate surface area is 150 Å². The number of likely N-dealkylation sites (N-methyl/N-ethyl adjacent to an activating group) is 1. The number of carbonyl (C=O) groups is 1. The van der Waals surface area contributed by atoms with E-state index in [-0.39, 0.29) is 18.3 Å². The molecule has 4 nitrogen and oxygen atoms in total. The van der Waals surface area contributed by atoms with Crippen LogP contribution in [0.15, 0.2) is 48.5 Å². The first-order valence-corrected chi connectivity index (χ1v) is 7.80. The van der Waals surface area contributed by atoms with Crippen LogP contribution in [0.5, 0.6) is 5.75 Å². The molecule has 2 aromatic carbocycles. The van der Waals surface area contributed by atoms with Crippen molar-refractivity contribution in [1.82, 2.24) is 4.90 Å². The molecule has 0 aliphatic heterocycles. The minimum absolute atomic E-state index is 0. The molecule has 24 heavy (non-hydrogen) atoms. The lowest BCUT2D eigenvalue weighted by Crippen LogP contribution is -2.35. The zero-order valence-corrected chi connectivity index (χ0v) is 15.2. The fraction of sp³-hybridized carbons (Fsp3) is 0.316. The maximum absolute atomic E-state index is 12.6. The van der Waals surface area contributed by atoms with E-state index in [4.69, 9.17) is 10.5 Å². The van der Waals surface area contributed by atoms with Crippen LogP contribution in [0.25, 0.3) is 0 Å². The van der Waals surface area contributed by atoms with Gasteiger partial charge >= 0.3 is 0 Å². The average molecular weight is 349 g/mol. The maximum Gasteiger partial charge on any atom is 0.244 e. The van der Waals surface area contributed by atoms with Crippen molar-refractivity contribution in [2.24, 2.45) is 5.73 Å². The number of rotatable bonds is 6. The van der Waals surface area contributed by atoms with E-state index < -0.39 is 6.04 Å². The number of para-hydroxylation sites is 1. The van der Waals surface area contributed by atoms with Gasteiger partial charge in [0.25, 0.3) is 0 Å². The third-order valence-electron chi connectivity index (χ3n) is 3.76. The summed E-state index contributed by atoms with van der Waals surface area (Å²) in [6.45, 7) is 5.01. The van der Waals surface area contributed by atoms with Crippen molar-refractivity contribution in [2.75, 3.05) is 13.7 Å². The summed E-state index contributed by atoms with van der Waals surface area (Å²) in [5.74, 6) is 0.693. The third kappa shape index (κ3) is 4.98. The number of benzene rings is 2. The highest BCUT2D eigenvalue weighted by molar-refractivity contribution is 5.85. The summed E-state index contributed by atoms with van der Waals surface area (Å²) in [5.41, 5.74) is 9.06. The van der Waals surface area contributed by atoms with Gasteiger partial charge in [0.15, 0.2) is 0 Å². The Hall–Kier alpha value is -2.04. The van der Waals surface area contributed by atoms with E-state index in [2.05, 4.69) is 0 Å². The van der Waals surface area contributed by atoms with Gasteiger partial charge < -0.3 is 15.4 Å². The van der Waals surface area contributed by atoms with Gasteiger partial charge in [0.1, 0.15) is 11.8 Å². The lowest BCUT2D eigenvalue weighted by atomic mass is 10.0. The molecule has 0 bridgehead atoms. The average Bonchev–Trinajstić information content (AvgIpc) is 2.56. The highest BCUT2D eigenvalue weighted by Crippen LogP contribution is 2.21. The highest BCUT2D eigenvalue weighted by Gasteiger charge is 2.20. The number of carbonyl (C=O) groups excluding carboxylic acids is 1. The molecule has 2 rings (SSSR count). The van der Waals surface area contributed by atoms with Crippen molar-refractivity contribution in [3.63, 3.8) is 0 Å². The summed E-state index contributed by atoms with van der Waals surface area (Å²) in [7, 11) is 1.76. The maximum atomic E-state index is 12.6. The van der Waals surface area contributed by atoms with Gasteiger partial charge in [0, 0.05) is 19.2 Å². The largest absolute Gasteiger partial charge is 0.494 e. The van der Waals surface area contributed by atoms with Gasteiger partial charge in [-0.15, -0.1) is 12.4 Å². The predicted octanol–water partition coefficient (Wildman–Crippen LogP) is 3.47. The minimum atomic E-state index is -0.653. The highest BCUT2D eigenvalue weighted by atomic mass is 35.5. The van der Waals surface area contributed by atoms with Gasteiger partial charge in [-0.05, 0) is 25.5 Å². The second-order valence-corrected chi connectivity index (χ2v) is 5.62. The van der Waals surface area contributed by atoms with Crippen LogP contribution in [0.3, 0.4) is 0 Å². The zero-order valence-electron chi connectivity index (χ0n) is 14.4. The zero-order chi connectivity index (χ0) is 16.8. The van der Waals surface area contributed by atoms with Crippen LogP contribution < -0.4 is 10.5 Å². The van der Waals surface area contributed by atoms with E-state index in [9.17, 15) is 4.79 Å². The molecular formula is C19H25ClN2O2. The first-order valence-electron chi connectivity index (χ1n) is 7.80. The van der Waals surface area contributed by atoms with Crippen LogP contribution in [0.4, 0.5) is 0 Å². The van der Waals surface area contributed by atoms with Crippen molar-refractivity contribution in [3.8, 4) is 5.75 Å². The number of nitrogens with two attached hydrogens (primary N) is 1. The Balaban J connectivity index is 0.00000288. The fourth-order valence-corrected chi connectivity index (χ4v) is 2.42. The quantitative estimate of drug-likeness (QED) is 0.869. The van der Waals surface area contributed by atoms with E-state index in [0.717, 1.165) is 22.4 Å². The van der Waals surface area contributed by atoms with Crippen LogP contribution in [-0.2, 0) is 11.3 Å². The van der Waals surface area contributed by atoms with E-state index in [0.29, 0.717) is 13.2 Å². The van der Waals surface area contributed by atoms with E-state index in [1.807, 2.05) is 62.4 Å². The summed E-state index contributed by atoms with van der Waals surface area (Å²) in [6.07, 6.45) is 0. The van der Waals surface area contributed by atoms with Gasteiger partial charge in [-0.25, -0.2) is 0 Å². The molecule has 0 fully saturated rings. The topological polar surface area (TPSA) is 55.6 Å². The second-order valence-electron chi connectivity index (χ2n) is 5.62. The summed E-state index contributed by atoms with van der Waals surface area (Å²) in [6, 6.07) is 14.8. The van der Waals surface area contributed by atoms with Crippen LogP contribution in [-0.4, -0.2) is 24.5 Å². The van der Waals surface area contributed by atoms with Crippen LogP contribution in [0, 0.1) is 6.92 Å². The molecule has 1 amide bonds. The molecule has 0 aliphatic carbocycles. The summed E-state index contributed by atoms with van der Waals surface area (Å²) in [5, 5.41) is 0. The van der Waals surface area contributed by atoms with E-state index in [1.54, 1.807) is 11.9 Å². The number of hydrogen-bond donors (Lipinski definition) is 1. The number of amides is 1. The Morgan fingerprint density at radius 2 is 1.79 bits per heavy atom. The molecule has 0 spiro atoms. The first-order chi connectivity index (χ1) is 11.0. The Kier molecular flexibility index (Phi) is 7.75. The summed E-state index contributed by atoms with van der Waals surface area (Å²) >= 11 is 0. The summed E-state index contributed by atoms with van der Waals surface area (Å²) < 4.78 is 5.61. The molecule has 0 aromatic heterocycles. The fourth-order valence-electron chi connectivity index (χ4n) is 2.42. The van der Waals surface area contributed by atoms with Gasteiger partial charge in [0.05, 0.1) is 6.61 Å². The van der Waals surface area contributed by atoms with Gasteiger partial charge in [-0.3, -0.25) is 4.79 Å². The standard InChI is InChI=1S/C19H24N2O2.ClH/c1-4-23-17-8-6-5-7-16(17)13-21(3)19(22)18(20)15-11-9-14(2)10-12-15;/h5-12,18H,4,13,20H2,1-3H3;1H. The molecular weight excluding hydrogens is 324 g/mol. The molecule has 1 unspecified atom stereocenters. The molecule has 0 heterocycles. The Bertz CT molecular complexity index is 659. The number of aryl methyl sites for hydroxylation is 1. The SMILES string of the molecule is CCOc1ccccc1CN(C)C(=O)C(N)c1ccc(C)cc1.Cl. The normalized spacial score (nSPS) is 11.3. The lowest BCUT2D eigenvalue weighted by Gasteiger charge is -2.23. The smallest absolute Gasteiger partial charge is 0.244 e.